The number of hydrogen-bond donors (Lipinski definition) is 0. The average molecular weight is 281 g/mol. The number of fused-ring (bicyclic) bond motifs is 1. The Morgan fingerprint density at radius 3 is 2.50 bits per heavy atom. The van der Waals surface area contributed by atoms with Gasteiger partial charge in [-0.2, -0.15) is 0 Å². The number of carbonyl (C=O) groups is 1. The van der Waals surface area contributed by atoms with Gasteiger partial charge in [-0.3, -0.25) is 14.9 Å². The second-order valence-electron chi connectivity index (χ2n) is 4.49. The zero-order valence-electron chi connectivity index (χ0n) is 10.7. The van der Waals surface area contributed by atoms with Gasteiger partial charge in [0.05, 0.1) is 25.0 Å². The van der Waals surface area contributed by atoms with Crippen molar-refractivity contribution in [3.63, 3.8) is 0 Å². The molecule has 0 N–H and O–H groups in total. The monoisotopic (exact) mass is 281 g/mol. The molecular formula is C11H11N3O6. The van der Waals surface area contributed by atoms with Crippen molar-refractivity contribution in [2.45, 2.75) is 19.0 Å². The van der Waals surface area contributed by atoms with Gasteiger partial charge in [-0.05, 0) is 0 Å². The summed E-state index contributed by atoms with van der Waals surface area (Å²) in [6, 6.07) is 3.32. The summed E-state index contributed by atoms with van der Waals surface area (Å²) in [5.74, 6) is -0.725. The molecule has 106 valence electrons. The van der Waals surface area contributed by atoms with Crippen LogP contribution in [-0.2, 0) is 9.53 Å². The minimum atomic E-state index is -1.72. The van der Waals surface area contributed by atoms with Crippen LogP contribution in [0.15, 0.2) is 18.2 Å². The summed E-state index contributed by atoms with van der Waals surface area (Å²) in [5, 5.41) is 34.9. The third kappa shape index (κ3) is 1.83. The molecule has 9 heteroatoms. The molecule has 0 saturated carbocycles. The van der Waals surface area contributed by atoms with Gasteiger partial charge < -0.3 is 15.2 Å². The van der Waals surface area contributed by atoms with E-state index in [0.29, 0.717) is 9.48 Å². The first-order chi connectivity index (χ1) is 9.31. The van der Waals surface area contributed by atoms with Crippen molar-refractivity contribution < 1.29 is 14.5 Å². The van der Waals surface area contributed by atoms with Crippen LogP contribution in [0, 0.1) is 20.5 Å². The second-order valence-corrected chi connectivity index (χ2v) is 4.49. The van der Waals surface area contributed by atoms with Crippen LogP contribution in [0.2, 0.25) is 0 Å². The smallest absolute Gasteiger partial charge is 0.380 e. The third-order valence-corrected chi connectivity index (χ3v) is 3.19. The molecule has 1 aromatic carbocycles. The normalized spacial score (nSPS) is 20.7. The van der Waals surface area contributed by atoms with Gasteiger partial charge in [-0.1, -0.05) is 0 Å². The lowest BCUT2D eigenvalue weighted by atomic mass is 10.1. The molecule has 1 aromatic rings. The second kappa shape index (κ2) is 4.44. The summed E-state index contributed by atoms with van der Waals surface area (Å²) >= 11 is 0. The topological polar surface area (TPSA) is 122 Å². The van der Waals surface area contributed by atoms with E-state index in [9.17, 15) is 25.3 Å². The van der Waals surface area contributed by atoms with E-state index in [0.717, 1.165) is 19.2 Å². The van der Waals surface area contributed by atoms with E-state index in [1.807, 2.05) is 0 Å². The first kappa shape index (κ1) is 13.7. The van der Waals surface area contributed by atoms with Crippen molar-refractivity contribution in [3.05, 3.63) is 49.4 Å². The van der Waals surface area contributed by atoms with Crippen molar-refractivity contribution in [2.75, 3.05) is 7.11 Å². The van der Waals surface area contributed by atoms with Crippen molar-refractivity contribution in [1.29, 1.82) is 0 Å². The standard InChI is InChI=1S/C11H11N3O6/c1-11(6-10(15)20-2)12(16)8-4-3-7(14(18)19)5-9(8)13(11)17/h3-5H,6H2,1-2H3. The Morgan fingerprint density at radius 1 is 1.35 bits per heavy atom. The number of benzene rings is 1. The molecule has 1 unspecified atom stereocenters. The van der Waals surface area contributed by atoms with Crippen LogP contribution in [0.3, 0.4) is 0 Å². The highest BCUT2D eigenvalue weighted by Crippen LogP contribution is 2.15. The van der Waals surface area contributed by atoms with Crippen molar-refractivity contribution in [1.82, 2.24) is 9.48 Å². The number of hydroxylamine groups is 2. The number of nitro groups is 1. The molecule has 0 spiro atoms. The van der Waals surface area contributed by atoms with Gasteiger partial charge in [0.25, 0.3) is 16.4 Å². The van der Waals surface area contributed by atoms with Gasteiger partial charge in [0.2, 0.25) is 0 Å². The molecule has 1 aliphatic rings. The zero-order valence-corrected chi connectivity index (χ0v) is 10.7. The number of nitro benzene ring substituents is 1. The minimum Gasteiger partial charge on any atom is -0.618 e. The Morgan fingerprint density at radius 2 is 1.95 bits per heavy atom. The van der Waals surface area contributed by atoms with Gasteiger partial charge in [-0.15, -0.1) is 9.48 Å². The van der Waals surface area contributed by atoms with Crippen molar-refractivity contribution in [3.8, 4) is 0 Å². The van der Waals surface area contributed by atoms with Crippen LogP contribution >= 0.6 is 0 Å². The highest BCUT2D eigenvalue weighted by atomic mass is 16.6. The molecule has 0 aliphatic carbocycles. The molecule has 9 nitrogen and oxygen atoms in total. The fourth-order valence-electron chi connectivity index (χ4n) is 2.05. The molecule has 0 aromatic heterocycles. The molecule has 1 heterocycles. The Hall–Kier alpha value is -2.71. The van der Waals surface area contributed by atoms with Crippen LogP contribution in [0.1, 0.15) is 13.3 Å². The maximum atomic E-state index is 12.2. The van der Waals surface area contributed by atoms with Crippen LogP contribution in [0.25, 0.3) is 0 Å². The maximum Gasteiger partial charge on any atom is 0.380 e. The van der Waals surface area contributed by atoms with Crippen LogP contribution in [-0.4, -0.2) is 23.7 Å². The highest BCUT2D eigenvalue weighted by Gasteiger charge is 2.50. The molecule has 20 heavy (non-hydrogen) atoms. The first-order valence-electron chi connectivity index (χ1n) is 5.61. The Balaban J connectivity index is 2.67. The van der Waals surface area contributed by atoms with Gasteiger partial charge in [0.15, 0.2) is 6.42 Å². The minimum absolute atomic E-state index is 0.0167. The number of hydrogen-bond acceptors (Lipinski definition) is 6. The quantitative estimate of drug-likeness (QED) is 0.227. The lowest BCUT2D eigenvalue weighted by Crippen LogP contribution is -2.50. The number of methoxy groups -OCH3 is 1. The summed E-state index contributed by atoms with van der Waals surface area (Å²) in [4.78, 5) is 21.4. The number of rotatable bonds is 3. The zero-order chi connectivity index (χ0) is 15.1. The predicted molar refractivity (Wildman–Crippen MR) is 66.6 cm³/mol. The number of non-ortho nitro benzene ring substituents is 1. The average Bonchev–Trinajstić information content (AvgIpc) is 2.60. The summed E-state index contributed by atoms with van der Waals surface area (Å²) < 4.78 is 5.13. The van der Waals surface area contributed by atoms with Crippen LogP contribution in [0.4, 0.5) is 5.69 Å². The SMILES string of the molecule is COC(=O)CC1(C)[N+]([O-])=c2ccc([N+](=O)[O-])cc2=[N+]1[O-]. The van der Waals surface area contributed by atoms with E-state index in [1.165, 1.54) is 13.0 Å². The number of nitrogens with zero attached hydrogens (tertiary/aromatic N) is 3. The van der Waals surface area contributed by atoms with E-state index in [-0.39, 0.29) is 16.4 Å². The Labute approximate surface area is 112 Å². The molecule has 0 amide bonds. The van der Waals surface area contributed by atoms with Gasteiger partial charge in [-0.25, -0.2) is 0 Å². The van der Waals surface area contributed by atoms with E-state index in [1.54, 1.807) is 0 Å². The summed E-state index contributed by atoms with van der Waals surface area (Å²) in [6.45, 7) is 1.27. The van der Waals surface area contributed by atoms with Crippen molar-refractivity contribution >= 4 is 11.7 Å². The van der Waals surface area contributed by atoms with E-state index in [4.69, 9.17) is 0 Å². The molecule has 0 saturated heterocycles. The highest BCUT2D eigenvalue weighted by molar-refractivity contribution is 5.70. The molecular weight excluding hydrogens is 270 g/mol. The lowest BCUT2D eigenvalue weighted by molar-refractivity contribution is -0.385. The summed E-state index contributed by atoms with van der Waals surface area (Å²) in [7, 11) is 1.14. The largest absolute Gasteiger partial charge is 0.618 e. The lowest BCUT2D eigenvalue weighted by Gasteiger charge is -2.21. The predicted octanol–water partition coefficient (Wildman–Crippen LogP) is -1.13. The van der Waals surface area contributed by atoms with Crippen LogP contribution < -0.4 is 20.2 Å². The molecule has 1 atom stereocenters. The number of carbonyl (C=O) groups excluding carboxylic acids is 1. The molecule has 1 aliphatic heterocycles. The fraction of sp³-hybridized carbons (Fsp3) is 0.364. The van der Waals surface area contributed by atoms with E-state index >= 15 is 0 Å². The van der Waals surface area contributed by atoms with Gasteiger partial charge >= 0.3 is 11.6 Å². The Bertz CT molecular complexity index is 728. The molecule has 0 radical (unpaired) electrons. The van der Waals surface area contributed by atoms with Gasteiger partial charge in [0.1, 0.15) is 0 Å². The van der Waals surface area contributed by atoms with E-state index < -0.39 is 23.0 Å². The fourth-order valence-corrected chi connectivity index (χ4v) is 2.05. The third-order valence-electron chi connectivity index (χ3n) is 3.19. The molecule has 0 bridgehead atoms. The number of ether oxygens (including phenoxy) is 1. The molecule has 0 fully saturated rings. The maximum absolute atomic E-state index is 12.2. The van der Waals surface area contributed by atoms with Crippen LogP contribution in [0.5, 0.6) is 0 Å². The van der Waals surface area contributed by atoms with Gasteiger partial charge in [0, 0.05) is 12.1 Å². The molecule has 2 rings (SSSR count). The number of esters is 1. The summed E-state index contributed by atoms with van der Waals surface area (Å²) in [5.41, 5.74) is -2.02. The van der Waals surface area contributed by atoms with E-state index in [2.05, 4.69) is 4.74 Å². The van der Waals surface area contributed by atoms with Crippen molar-refractivity contribution in [2.24, 2.45) is 0 Å². The first-order valence-corrected chi connectivity index (χ1v) is 5.61. The Kier molecular flexibility index (Phi) is 3.04. The summed E-state index contributed by atoms with van der Waals surface area (Å²) in [6.07, 6.45) is -0.459.